The Morgan fingerprint density at radius 1 is 1.00 bits per heavy atom. The van der Waals surface area contributed by atoms with Crippen LogP contribution in [0.3, 0.4) is 0 Å². The number of nitrogens with zero attached hydrogens (tertiary/aromatic N) is 1. The number of hydrogen-bond donors (Lipinski definition) is 1. The Labute approximate surface area is 126 Å². The summed E-state index contributed by atoms with van der Waals surface area (Å²) >= 11 is 0. The van der Waals surface area contributed by atoms with Crippen molar-refractivity contribution in [3.8, 4) is 0 Å². The lowest BCUT2D eigenvalue weighted by Crippen LogP contribution is -2.49. The van der Waals surface area contributed by atoms with E-state index in [1.54, 1.807) is 0 Å². The molecule has 2 fully saturated rings. The van der Waals surface area contributed by atoms with Crippen LogP contribution in [0.2, 0.25) is 0 Å². The molecule has 1 heterocycles. The molecule has 0 aromatic heterocycles. The summed E-state index contributed by atoms with van der Waals surface area (Å²) in [5, 5.41) is 3.71. The van der Waals surface area contributed by atoms with Gasteiger partial charge in [-0.05, 0) is 56.7 Å². The lowest BCUT2D eigenvalue weighted by atomic mass is 9.68. The average Bonchev–Trinajstić information content (AvgIpc) is 2.49. The number of piperidine rings is 1. The summed E-state index contributed by atoms with van der Waals surface area (Å²) in [5.41, 5.74) is 0.749. The summed E-state index contributed by atoms with van der Waals surface area (Å²) in [6.07, 6.45) is 11.7. The van der Waals surface area contributed by atoms with E-state index in [-0.39, 0.29) is 0 Å². The highest BCUT2D eigenvalue weighted by molar-refractivity contribution is 4.89. The minimum absolute atomic E-state index is 0.686. The monoisotopic (exact) mass is 280 g/mol. The minimum Gasteiger partial charge on any atom is -0.313 e. The van der Waals surface area contributed by atoms with Crippen molar-refractivity contribution in [2.75, 3.05) is 26.2 Å². The second-order valence-electron chi connectivity index (χ2n) is 7.41. The Morgan fingerprint density at radius 3 is 2.20 bits per heavy atom. The van der Waals surface area contributed by atoms with Gasteiger partial charge in [0.05, 0.1) is 0 Å². The van der Waals surface area contributed by atoms with Crippen molar-refractivity contribution in [1.29, 1.82) is 0 Å². The van der Waals surface area contributed by atoms with Gasteiger partial charge < -0.3 is 10.2 Å². The molecule has 0 aromatic rings. The van der Waals surface area contributed by atoms with Gasteiger partial charge in [0.15, 0.2) is 0 Å². The van der Waals surface area contributed by atoms with E-state index in [4.69, 9.17) is 0 Å². The summed E-state index contributed by atoms with van der Waals surface area (Å²) in [6, 6.07) is 0.686. The Bertz CT molecular complexity index is 261. The molecule has 1 saturated carbocycles. The van der Waals surface area contributed by atoms with Crippen molar-refractivity contribution in [3.05, 3.63) is 0 Å². The number of likely N-dealkylation sites (tertiary alicyclic amines) is 1. The van der Waals surface area contributed by atoms with Gasteiger partial charge in [-0.1, -0.05) is 46.5 Å². The molecule has 1 N–H and O–H groups in total. The molecule has 0 aromatic carbocycles. The van der Waals surface area contributed by atoms with Gasteiger partial charge in [-0.3, -0.25) is 0 Å². The Kier molecular flexibility index (Phi) is 6.35. The van der Waals surface area contributed by atoms with Crippen LogP contribution in [-0.2, 0) is 0 Å². The van der Waals surface area contributed by atoms with Crippen molar-refractivity contribution in [2.45, 2.75) is 78.2 Å². The molecule has 2 atom stereocenters. The van der Waals surface area contributed by atoms with E-state index in [1.807, 2.05) is 0 Å². The van der Waals surface area contributed by atoms with E-state index in [0.717, 1.165) is 17.9 Å². The SMILES string of the molecule is CCNC(CN1CCC2(CCCCC2)CC1)C(C)CC. The smallest absolute Gasteiger partial charge is 0.0220 e. The Morgan fingerprint density at radius 2 is 1.65 bits per heavy atom. The summed E-state index contributed by atoms with van der Waals surface area (Å²) < 4.78 is 0. The first-order valence-electron chi connectivity index (χ1n) is 9.15. The van der Waals surface area contributed by atoms with Gasteiger partial charge in [0.1, 0.15) is 0 Å². The normalized spacial score (nSPS) is 26.6. The fourth-order valence-electron chi connectivity index (χ4n) is 4.28. The highest BCUT2D eigenvalue weighted by Gasteiger charge is 2.35. The third-order valence-corrected chi connectivity index (χ3v) is 6.08. The molecule has 20 heavy (non-hydrogen) atoms. The molecule has 2 heteroatoms. The van der Waals surface area contributed by atoms with Crippen LogP contribution in [0.1, 0.15) is 72.1 Å². The molecule has 2 rings (SSSR count). The third-order valence-electron chi connectivity index (χ3n) is 6.08. The predicted molar refractivity (Wildman–Crippen MR) is 88.1 cm³/mol. The van der Waals surface area contributed by atoms with E-state index in [2.05, 4.69) is 31.0 Å². The van der Waals surface area contributed by atoms with Crippen LogP contribution < -0.4 is 5.32 Å². The molecule has 2 aliphatic rings. The molecular formula is C18H36N2. The van der Waals surface area contributed by atoms with E-state index < -0.39 is 0 Å². The molecule has 0 bridgehead atoms. The molecule has 2 nitrogen and oxygen atoms in total. The zero-order valence-corrected chi connectivity index (χ0v) is 14.1. The van der Waals surface area contributed by atoms with Crippen molar-refractivity contribution < 1.29 is 0 Å². The Balaban J connectivity index is 1.80. The van der Waals surface area contributed by atoms with E-state index in [0.29, 0.717) is 6.04 Å². The van der Waals surface area contributed by atoms with Crippen LogP contribution in [0, 0.1) is 11.3 Å². The molecule has 0 amide bonds. The molecule has 0 radical (unpaired) electrons. The van der Waals surface area contributed by atoms with Crippen LogP contribution in [0.4, 0.5) is 0 Å². The van der Waals surface area contributed by atoms with Crippen LogP contribution in [-0.4, -0.2) is 37.1 Å². The molecule has 1 aliphatic carbocycles. The first-order chi connectivity index (χ1) is 9.69. The Hall–Kier alpha value is -0.0800. The fourth-order valence-corrected chi connectivity index (χ4v) is 4.28. The number of likely N-dealkylation sites (N-methyl/N-ethyl adjacent to an activating group) is 1. The second-order valence-corrected chi connectivity index (χ2v) is 7.41. The van der Waals surface area contributed by atoms with Gasteiger partial charge in [0, 0.05) is 12.6 Å². The highest BCUT2D eigenvalue weighted by Crippen LogP contribution is 2.44. The zero-order chi connectivity index (χ0) is 14.4. The summed E-state index contributed by atoms with van der Waals surface area (Å²) in [5.74, 6) is 0.792. The molecule has 2 unspecified atom stereocenters. The quantitative estimate of drug-likeness (QED) is 0.789. The van der Waals surface area contributed by atoms with Crippen molar-refractivity contribution >= 4 is 0 Å². The largest absolute Gasteiger partial charge is 0.313 e. The molecule has 1 aliphatic heterocycles. The van der Waals surface area contributed by atoms with E-state index >= 15 is 0 Å². The van der Waals surface area contributed by atoms with Crippen LogP contribution in [0.15, 0.2) is 0 Å². The van der Waals surface area contributed by atoms with Gasteiger partial charge in [-0.15, -0.1) is 0 Å². The zero-order valence-electron chi connectivity index (χ0n) is 14.1. The first kappa shape index (κ1) is 16.3. The van der Waals surface area contributed by atoms with Crippen molar-refractivity contribution in [3.63, 3.8) is 0 Å². The van der Waals surface area contributed by atoms with Gasteiger partial charge in [0.25, 0.3) is 0 Å². The molecular weight excluding hydrogens is 244 g/mol. The van der Waals surface area contributed by atoms with Gasteiger partial charge in [-0.25, -0.2) is 0 Å². The highest BCUT2D eigenvalue weighted by atomic mass is 15.2. The van der Waals surface area contributed by atoms with Crippen molar-refractivity contribution in [2.24, 2.45) is 11.3 Å². The third kappa shape index (κ3) is 4.21. The van der Waals surface area contributed by atoms with Crippen molar-refractivity contribution in [1.82, 2.24) is 10.2 Å². The first-order valence-corrected chi connectivity index (χ1v) is 9.15. The topological polar surface area (TPSA) is 15.3 Å². The van der Waals surface area contributed by atoms with Crippen LogP contribution >= 0.6 is 0 Å². The summed E-state index contributed by atoms with van der Waals surface area (Å²) in [4.78, 5) is 2.74. The molecule has 1 spiro atoms. The minimum atomic E-state index is 0.686. The average molecular weight is 280 g/mol. The summed E-state index contributed by atoms with van der Waals surface area (Å²) in [7, 11) is 0. The van der Waals surface area contributed by atoms with Gasteiger partial charge in [-0.2, -0.15) is 0 Å². The number of nitrogens with one attached hydrogen (secondary N) is 1. The van der Waals surface area contributed by atoms with E-state index in [1.165, 1.54) is 71.0 Å². The molecule has 1 saturated heterocycles. The lowest BCUT2D eigenvalue weighted by Gasteiger charge is -2.45. The van der Waals surface area contributed by atoms with Gasteiger partial charge >= 0.3 is 0 Å². The maximum atomic E-state index is 3.71. The maximum absolute atomic E-state index is 3.71. The standard InChI is InChI=1S/C18H36N2/c1-4-16(3)17(19-5-2)15-20-13-11-18(12-14-20)9-7-6-8-10-18/h16-17,19H,4-15H2,1-3H3. The van der Waals surface area contributed by atoms with Gasteiger partial charge in [0.2, 0.25) is 0 Å². The van der Waals surface area contributed by atoms with Crippen LogP contribution in [0.5, 0.6) is 0 Å². The van der Waals surface area contributed by atoms with E-state index in [9.17, 15) is 0 Å². The van der Waals surface area contributed by atoms with Crippen LogP contribution in [0.25, 0.3) is 0 Å². The fraction of sp³-hybridized carbons (Fsp3) is 1.00. The molecule has 118 valence electrons. The maximum Gasteiger partial charge on any atom is 0.0220 e. The predicted octanol–water partition coefficient (Wildman–Crippen LogP) is 4.06. The second kappa shape index (κ2) is 7.79. The summed E-state index contributed by atoms with van der Waals surface area (Å²) in [6.45, 7) is 12.0. The number of rotatable bonds is 6. The lowest BCUT2D eigenvalue weighted by molar-refractivity contribution is 0.0591. The number of hydrogen-bond acceptors (Lipinski definition) is 2.